The lowest BCUT2D eigenvalue weighted by atomic mass is 10.1. The Morgan fingerprint density at radius 3 is 2.05 bits per heavy atom. The first-order valence-corrected chi connectivity index (χ1v) is 9.98. The van der Waals surface area contributed by atoms with Crippen LogP contribution >= 0.6 is 0 Å². The van der Waals surface area contributed by atoms with Gasteiger partial charge in [-0.25, -0.2) is 0 Å². The first-order valence-electron chi connectivity index (χ1n) is 7.07. The van der Waals surface area contributed by atoms with E-state index in [1.165, 1.54) is 0 Å². The topological polar surface area (TPSA) is 63.6 Å². The highest BCUT2D eigenvalue weighted by Gasteiger charge is 2.38. The molecular weight excluding hydrogens is 284 g/mol. The number of carboxylic acid groups (broad SMARTS) is 1. The largest absolute Gasteiger partial charge is 0.544 e. The number of benzene rings is 1. The minimum atomic E-state index is -1.88. The number of carboxylic acids is 1. The number of hydrogen-bond acceptors (Lipinski definition) is 3. The maximum atomic E-state index is 11.8. The Morgan fingerprint density at radius 1 is 1.10 bits per heavy atom. The molecule has 0 fully saturated rings. The molecule has 0 spiro atoms. The van der Waals surface area contributed by atoms with Crippen molar-refractivity contribution in [1.29, 1.82) is 0 Å². The molecule has 0 aliphatic heterocycles. The van der Waals surface area contributed by atoms with Crippen molar-refractivity contribution >= 4 is 20.1 Å². The lowest BCUT2D eigenvalue weighted by molar-refractivity contribution is -0.136. The van der Waals surface area contributed by atoms with Crippen molar-refractivity contribution in [1.82, 2.24) is 0 Å². The van der Waals surface area contributed by atoms with Gasteiger partial charge in [-0.05, 0) is 42.4 Å². The van der Waals surface area contributed by atoms with Crippen molar-refractivity contribution in [2.45, 2.75) is 51.7 Å². The number of aliphatic carboxylic acids is 1. The Morgan fingerprint density at radius 2 is 1.62 bits per heavy atom. The van der Waals surface area contributed by atoms with E-state index in [0.29, 0.717) is 5.56 Å². The van der Waals surface area contributed by atoms with Crippen LogP contribution in [0.2, 0.25) is 18.1 Å². The second-order valence-electron chi connectivity index (χ2n) is 6.70. The summed E-state index contributed by atoms with van der Waals surface area (Å²) in [6, 6.07) is 6.97. The van der Waals surface area contributed by atoms with Crippen LogP contribution in [0, 0.1) is 0 Å². The predicted octanol–water partition coefficient (Wildman–Crippen LogP) is 4.12. The summed E-state index contributed by atoms with van der Waals surface area (Å²) in [5.74, 6) is -0.353. The number of ketones is 1. The zero-order valence-electron chi connectivity index (χ0n) is 13.4. The fourth-order valence-electron chi connectivity index (χ4n) is 1.52. The molecule has 1 aromatic rings. The normalized spacial score (nSPS) is 12.0. The second kappa shape index (κ2) is 6.43. The van der Waals surface area contributed by atoms with Crippen molar-refractivity contribution in [2.75, 3.05) is 0 Å². The summed E-state index contributed by atoms with van der Waals surface area (Å²) in [6.45, 7) is 10.8. The summed E-state index contributed by atoms with van der Waals surface area (Å²) in [5, 5.41) is 8.70. The average molecular weight is 308 g/mol. The molecule has 0 atom stereocenters. The maximum absolute atomic E-state index is 11.8. The van der Waals surface area contributed by atoms with E-state index in [1.54, 1.807) is 24.3 Å². The standard InChI is InChI=1S/C16H24O4Si/c1-16(2,3)21(4,5)20-13-8-6-12(7-9-13)14(17)10-11-15(18)19/h6-9H,10-11H2,1-5H3,(H,18,19). The van der Waals surface area contributed by atoms with E-state index in [4.69, 9.17) is 9.53 Å². The quantitative estimate of drug-likeness (QED) is 0.634. The first kappa shape index (κ1) is 17.4. The summed E-state index contributed by atoms with van der Waals surface area (Å²) < 4.78 is 6.13. The molecule has 0 unspecified atom stereocenters. The van der Waals surface area contributed by atoms with Gasteiger partial charge in [0.25, 0.3) is 0 Å². The van der Waals surface area contributed by atoms with Crippen LogP contribution < -0.4 is 4.43 Å². The van der Waals surface area contributed by atoms with Crippen LogP contribution in [0.1, 0.15) is 44.0 Å². The van der Waals surface area contributed by atoms with Gasteiger partial charge in [0.15, 0.2) is 5.78 Å². The fourth-order valence-corrected chi connectivity index (χ4v) is 2.55. The minimum absolute atomic E-state index is 0.0256. The Balaban J connectivity index is 2.75. The van der Waals surface area contributed by atoms with Crippen molar-refractivity contribution in [3.8, 4) is 5.75 Å². The Bertz CT molecular complexity index is 512. The molecule has 4 nitrogen and oxygen atoms in total. The van der Waals surface area contributed by atoms with Crippen LogP contribution in [-0.4, -0.2) is 25.2 Å². The number of hydrogen-bond donors (Lipinski definition) is 1. The monoisotopic (exact) mass is 308 g/mol. The van der Waals surface area contributed by atoms with E-state index in [9.17, 15) is 9.59 Å². The van der Waals surface area contributed by atoms with Gasteiger partial charge in [-0.2, -0.15) is 0 Å². The molecule has 0 saturated heterocycles. The van der Waals surface area contributed by atoms with Gasteiger partial charge in [0.1, 0.15) is 5.75 Å². The maximum Gasteiger partial charge on any atom is 0.303 e. The number of carbonyl (C=O) groups is 2. The van der Waals surface area contributed by atoms with Gasteiger partial charge in [-0.15, -0.1) is 0 Å². The molecule has 116 valence electrons. The van der Waals surface area contributed by atoms with Crippen molar-refractivity contribution in [2.24, 2.45) is 0 Å². The highest BCUT2D eigenvalue weighted by molar-refractivity contribution is 6.74. The van der Waals surface area contributed by atoms with Gasteiger partial charge in [0, 0.05) is 12.0 Å². The highest BCUT2D eigenvalue weighted by Crippen LogP contribution is 2.37. The van der Waals surface area contributed by atoms with Crippen LogP contribution in [0.25, 0.3) is 0 Å². The van der Waals surface area contributed by atoms with E-state index < -0.39 is 14.3 Å². The van der Waals surface area contributed by atoms with Crippen LogP contribution in [0.4, 0.5) is 0 Å². The molecular formula is C16H24O4Si. The van der Waals surface area contributed by atoms with Crippen molar-refractivity contribution in [3.63, 3.8) is 0 Å². The molecule has 0 saturated carbocycles. The van der Waals surface area contributed by atoms with Gasteiger partial charge < -0.3 is 9.53 Å². The van der Waals surface area contributed by atoms with Crippen LogP contribution in [0.5, 0.6) is 5.75 Å². The molecule has 0 radical (unpaired) electrons. The van der Waals surface area contributed by atoms with E-state index >= 15 is 0 Å². The van der Waals surface area contributed by atoms with Crippen LogP contribution in [0.15, 0.2) is 24.3 Å². The summed E-state index contributed by atoms with van der Waals surface area (Å²) in [4.78, 5) is 22.3. The Hall–Kier alpha value is -1.62. The average Bonchev–Trinajstić information content (AvgIpc) is 2.35. The molecule has 21 heavy (non-hydrogen) atoms. The lowest BCUT2D eigenvalue weighted by Gasteiger charge is -2.36. The van der Waals surface area contributed by atoms with E-state index in [-0.39, 0.29) is 23.7 Å². The molecule has 1 aromatic carbocycles. The smallest absolute Gasteiger partial charge is 0.303 e. The zero-order chi connectivity index (χ0) is 16.3. The molecule has 0 bridgehead atoms. The van der Waals surface area contributed by atoms with E-state index in [0.717, 1.165) is 5.75 Å². The molecule has 0 amide bonds. The number of carbonyl (C=O) groups excluding carboxylic acids is 1. The van der Waals surface area contributed by atoms with Gasteiger partial charge in [-0.3, -0.25) is 9.59 Å². The Kier molecular flexibility index (Phi) is 5.34. The van der Waals surface area contributed by atoms with Gasteiger partial charge in [-0.1, -0.05) is 20.8 Å². The molecule has 1 N–H and O–H groups in total. The SMILES string of the molecule is CC(C)(C)[Si](C)(C)Oc1ccc(C(=O)CCC(=O)O)cc1. The molecule has 0 heterocycles. The summed E-state index contributed by atoms with van der Waals surface area (Å²) in [5.41, 5.74) is 0.527. The van der Waals surface area contributed by atoms with Crippen LogP contribution in [-0.2, 0) is 4.79 Å². The molecule has 5 heteroatoms. The zero-order valence-corrected chi connectivity index (χ0v) is 14.4. The lowest BCUT2D eigenvalue weighted by Crippen LogP contribution is -2.43. The summed E-state index contributed by atoms with van der Waals surface area (Å²) in [7, 11) is -1.88. The molecule has 0 aromatic heterocycles. The second-order valence-corrected chi connectivity index (χ2v) is 11.4. The van der Waals surface area contributed by atoms with Crippen LogP contribution in [0.3, 0.4) is 0 Å². The number of Topliss-reactive ketones (excluding diaryl/α,β-unsaturated/α-hetero) is 1. The van der Waals surface area contributed by atoms with Gasteiger partial charge in [0.05, 0.1) is 6.42 Å². The highest BCUT2D eigenvalue weighted by atomic mass is 28.4. The van der Waals surface area contributed by atoms with Gasteiger partial charge >= 0.3 is 5.97 Å². The third-order valence-corrected chi connectivity index (χ3v) is 8.28. The molecule has 0 aliphatic carbocycles. The molecule has 1 rings (SSSR count). The minimum Gasteiger partial charge on any atom is -0.544 e. The Labute approximate surface area is 127 Å². The van der Waals surface area contributed by atoms with E-state index in [2.05, 4.69) is 33.9 Å². The molecule has 0 aliphatic rings. The van der Waals surface area contributed by atoms with Crippen molar-refractivity contribution < 1.29 is 19.1 Å². The van der Waals surface area contributed by atoms with Crippen molar-refractivity contribution in [3.05, 3.63) is 29.8 Å². The third kappa shape index (κ3) is 5.01. The fraction of sp³-hybridized carbons (Fsp3) is 0.500. The van der Waals surface area contributed by atoms with Gasteiger partial charge in [0.2, 0.25) is 8.32 Å². The summed E-state index contributed by atoms with van der Waals surface area (Å²) >= 11 is 0. The number of rotatable bonds is 6. The van der Waals surface area contributed by atoms with E-state index in [1.807, 2.05) is 0 Å². The first-order chi connectivity index (χ1) is 9.53. The summed E-state index contributed by atoms with van der Waals surface area (Å²) in [6.07, 6.45) is -0.112. The predicted molar refractivity (Wildman–Crippen MR) is 85.5 cm³/mol. The third-order valence-electron chi connectivity index (χ3n) is 3.92.